The molecule has 140 valence electrons. The van der Waals surface area contributed by atoms with Gasteiger partial charge in [-0.1, -0.05) is 0 Å². The van der Waals surface area contributed by atoms with E-state index in [1.807, 2.05) is 0 Å². The normalized spacial score (nSPS) is 11.6. The predicted molar refractivity (Wildman–Crippen MR) is 119 cm³/mol. The monoisotopic (exact) mass is 535 g/mol. The molecule has 0 bridgehead atoms. The predicted octanol–water partition coefficient (Wildman–Crippen LogP) is 6.70. The van der Waals surface area contributed by atoms with Crippen LogP contribution in [0.15, 0.2) is 91.1 Å². The second-order valence-corrected chi connectivity index (χ2v) is 7.87. The van der Waals surface area contributed by atoms with Gasteiger partial charge in [0.25, 0.3) is 0 Å². The van der Waals surface area contributed by atoms with Gasteiger partial charge in [-0.25, -0.2) is 0 Å². The van der Waals surface area contributed by atoms with E-state index in [9.17, 15) is 0 Å². The molecule has 0 atom stereocenters. The Kier molecular flexibility index (Phi) is 6.95. The average molecular weight is 535 g/mol. The third-order valence-corrected chi connectivity index (χ3v) is 5.30. The van der Waals surface area contributed by atoms with Crippen molar-refractivity contribution >= 4 is 21.3 Å². The van der Waals surface area contributed by atoms with E-state index in [-0.39, 0.29) is 0 Å². The molecule has 0 radical (unpaired) electrons. The molecular weight excluding hydrogens is 510 g/mol. The van der Waals surface area contributed by atoms with Crippen LogP contribution in [0.3, 0.4) is 0 Å². The van der Waals surface area contributed by atoms with Gasteiger partial charge in [0.05, 0.1) is 0 Å². The third-order valence-electron chi connectivity index (χ3n) is 4.73. The van der Waals surface area contributed by atoms with Gasteiger partial charge >= 0.3 is 180 Å². The third kappa shape index (κ3) is 4.85. The molecular formula is C26H25NW. The second-order valence-electron chi connectivity index (χ2n) is 6.89. The van der Waals surface area contributed by atoms with Crippen molar-refractivity contribution in [1.29, 1.82) is 0 Å². The SMILES string of the molecule is Cc1cccc(N(C=C(C=C[CH]=[W])c2ccccc2C)c2ccccc2C)c1. The minimum atomic E-state index is 1.17. The molecule has 2 heteroatoms. The van der Waals surface area contributed by atoms with E-state index in [1.54, 1.807) is 0 Å². The zero-order chi connectivity index (χ0) is 19.9. The Balaban J connectivity index is 2.23. The number of rotatable bonds is 6. The standard InChI is InChI=1S/C26H25N.W/c1-5-11-23(25-16-8-6-13-21(25)3)19-27(24-15-10-12-20(2)18-24)26-17-9-7-14-22(26)4;/h1,5-19H,2-4H3;. The molecule has 0 aliphatic rings. The van der Waals surface area contributed by atoms with E-state index in [2.05, 4.69) is 121 Å². The summed E-state index contributed by atoms with van der Waals surface area (Å²) in [5.74, 6) is 0. The molecule has 0 amide bonds. The molecule has 0 aliphatic heterocycles. The number of benzene rings is 3. The fraction of sp³-hybridized carbons (Fsp3) is 0.115. The van der Waals surface area contributed by atoms with E-state index in [4.69, 9.17) is 0 Å². The van der Waals surface area contributed by atoms with E-state index >= 15 is 0 Å². The van der Waals surface area contributed by atoms with Crippen LogP contribution in [0, 0.1) is 20.8 Å². The van der Waals surface area contributed by atoms with E-state index < -0.39 is 0 Å². The molecule has 0 spiro atoms. The Morgan fingerprint density at radius 1 is 0.821 bits per heavy atom. The quantitative estimate of drug-likeness (QED) is 0.318. The number of nitrogens with zero attached hydrogens (tertiary/aromatic N) is 1. The first-order valence-corrected chi connectivity index (χ1v) is 11.1. The van der Waals surface area contributed by atoms with E-state index in [0.717, 1.165) is 0 Å². The maximum absolute atomic E-state index is 2.30. The Labute approximate surface area is 179 Å². The van der Waals surface area contributed by atoms with Crippen molar-refractivity contribution in [3.05, 3.63) is 113 Å². The molecule has 0 saturated heterocycles. The van der Waals surface area contributed by atoms with Crippen LogP contribution < -0.4 is 4.90 Å². The van der Waals surface area contributed by atoms with Crippen molar-refractivity contribution in [2.75, 3.05) is 4.90 Å². The first-order valence-electron chi connectivity index (χ1n) is 9.41. The van der Waals surface area contributed by atoms with Gasteiger partial charge in [-0.2, -0.15) is 0 Å². The van der Waals surface area contributed by atoms with Crippen molar-refractivity contribution in [2.24, 2.45) is 0 Å². The molecule has 3 rings (SSSR count). The summed E-state index contributed by atoms with van der Waals surface area (Å²) in [6.45, 7) is 6.47. The molecule has 1 nitrogen and oxygen atoms in total. The van der Waals surface area contributed by atoms with Crippen LogP contribution in [-0.4, -0.2) is 4.40 Å². The van der Waals surface area contributed by atoms with Crippen molar-refractivity contribution in [2.45, 2.75) is 20.8 Å². The summed E-state index contributed by atoms with van der Waals surface area (Å²) in [5, 5.41) is 0. The number of aryl methyl sites for hydroxylation is 3. The van der Waals surface area contributed by atoms with Crippen LogP contribution in [0.5, 0.6) is 0 Å². The van der Waals surface area contributed by atoms with Crippen molar-refractivity contribution < 1.29 is 19.4 Å². The van der Waals surface area contributed by atoms with Crippen molar-refractivity contribution in [1.82, 2.24) is 0 Å². The summed E-state index contributed by atoms with van der Waals surface area (Å²) in [6.07, 6.45) is 6.60. The van der Waals surface area contributed by atoms with Gasteiger partial charge in [0.1, 0.15) is 0 Å². The zero-order valence-electron chi connectivity index (χ0n) is 16.6. The van der Waals surface area contributed by atoms with Gasteiger partial charge < -0.3 is 0 Å². The van der Waals surface area contributed by atoms with Gasteiger partial charge in [-0.05, 0) is 0 Å². The average Bonchev–Trinajstić information content (AvgIpc) is 2.70. The Morgan fingerprint density at radius 2 is 1.54 bits per heavy atom. The Bertz CT molecular complexity index is 1030. The van der Waals surface area contributed by atoms with Crippen LogP contribution >= 0.6 is 0 Å². The molecule has 0 heterocycles. The van der Waals surface area contributed by atoms with Gasteiger partial charge in [-0.15, -0.1) is 0 Å². The van der Waals surface area contributed by atoms with Gasteiger partial charge in [0.15, 0.2) is 0 Å². The van der Waals surface area contributed by atoms with Gasteiger partial charge in [0.2, 0.25) is 0 Å². The van der Waals surface area contributed by atoms with Crippen molar-refractivity contribution in [3.63, 3.8) is 0 Å². The zero-order valence-corrected chi connectivity index (χ0v) is 19.5. The van der Waals surface area contributed by atoms with Gasteiger partial charge in [0, 0.05) is 0 Å². The number of hydrogen-bond donors (Lipinski definition) is 0. The first-order chi connectivity index (χ1) is 13.6. The fourth-order valence-corrected chi connectivity index (χ4v) is 3.56. The van der Waals surface area contributed by atoms with Crippen LogP contribution in [0.4, 0.5) is 11.4 Å². The van der Waals surface area contributed by atoms with Crippen LogP contribution in [0.2, 0.25) is 0 Å². The molecule has 3 aromatic carbocycles. The summed E-state index contributed by atoms with van der Waals surface area (Å²) < 4.78 is 2.15. The number of anilines is 2. The molecule has 0 unspecified atom stereocenters. The van der Waals surface area contributed by atoms with Crippen LogP contribution in [-0.2, 0) is 19.4 Å². The number of hydrogen-bond acceptors (Lipinski definition) is 1. The van der Waals surface area contributed by atoms with Gasteiger partial charge in [-0.3, -0.25) is 0 Å². The van der Waals surface area contributed by atoms with Crippen LogP contribution in [0.1, 0.15) is 22.3 Å². The van der Waals surface area contributed by atoms with Crippen molar-refractivity contribution in [3.8, 4) is 0 Å². The molecule has 0 saturated carbocycles. The molecule has 3 aromatic rings. The molecule has 0 aliphatic carbocycles. The molecule has 0 N–H and O–H groups in total. The summed E-state index contributed by atoms with van der Waals surface area (Å²) in [4.78, 5) is 2.30. The summed E-state index contributed by atoms with van der Waals surface area (Å²) >= 11 is 1.45. The Hall–Kier alpha value is -2.50. The van der Waals surface area contributed by atoms with E-state index in [0.29, 0.717) is 0 Å². The number of allylic oxidation sites excluding steroid dienone is 3. The molecule has 28 heavy (non-hydrogen) atoms. The van der Waals surface area contributed by atoms with E-state index in [1.165, 1.54) is 58.6 Å². The summed E-state index contributed by atoms with van der Waals surface area (Å²) in [5.41, 5.74) is 8.58. The molecule has 0 aromatic heterocycles. The summed E-state index contributed by atoms with van der Waals surface area (Å²) in [7, 11) is 0. The minimum absolute atomic E-state index is 1.17. The molecule has 0 fully saturated rings. The second kappa shape index (κ2) is 9.62. The maximum atomic E-state index is 2.30. The topological polar surface area (TPSA) is 3.24 Å². The Morgan fingerprint density at radius 3 is 2.21 bits per heavy atom. The number of para-hydroxylation sites is 1. The summed E-state index contributed by atoms with van der Waals surface area (Å²) in [6, 6.07) is 25.8. The first kappa shape index (κ1) is 20.2. The van der Waals surface area contributed by atoms with Crippen LogP contribution in [0.25, 0.3) is 5.57 Å². The fourth-order valence-electron chi connectivity index (χ4n) is 3.28.